The molecule has 148 valence electrons. The van der Waals surface area contributed by atoms with Crippen LogP contribution in [0.25, 0.3) is 55.6 Å². The molecule has 0 saturated carbocycles. The minimum atomic E-state index is 0.603. The molecule has 0 saturated heterocycles. The van der Waals surface area contributed by atoms with Crippen LogP contribution in [0.4, 0.5) is 5.69 Å². The van der Waals surface area contributed by atoms with Gasteiger partial charge < -0.3 is 10.7 Å². The van der Waals surface area contributed by atoms with Crippen LogP contribution >= 0.6 is 0 Å². The molecule has 0 spiro atoms. The Balaban J connectivity index is 1.51. The zero-order chi connectivity index (χ0) is 20.8. The molecule has 6 aromatic rings. The predicted molar refractivity (Wildman–Crippen MR) is 122 cm³/mol. The minimum absolute atomic E-state index is 0.603. The fourth-order valence-electron chi connectivity index (χ4n) is 3.94. The first kappa shape index (κ1) is 17.3. The smallest absolute Gasteiger partial charge is 0.116 e. The van der Waals surface area contributed by atoms with E-state index < -0.39 is 0 Å². The summed E-state index contributed by atoms with van der Waals surface area (Å²) < 4.78 is 0. The number of aromatic nitrogens is 6. The van der Waals surface area contributed by atoms with Crippen molar-refractivity contribution >= 4 is 27.5 Å². The van der Waals surface area contributed by atoms with E-state index in [1.807, 2.05) is 36.7 Å². The summed E-state index contributed by atoms with van der Waals surface area (Å²) in [5.74, 6) is 0. The van der Waals surface area contributed by atoms with Crippen LogP contribution in [0.1, 0.15) is 0 Å². The fourth-order valence-corrected chi connectivity index (χ4v) is 3.94. The van der Waals surface area contributed by atoms with Crippen LogP contribution in [-0.2, 0) is 0 Å². The Morgan fingerprint density at radius 3 is 2.55 bits per heavy atom. The van der Waals surface area contributed by atoms with Gasteiger partial charge in [-0.3, -0.25) is 20.1 Å². The molecular formula is C24H17N7. The van der Waals surface area contributed by atoms with Crippen LogP contribution in [0.2, 0.25) is 0 Å². The van der Waals surface area contributed by atoms with Crippen LogP contribution in [-0.4, -0.2) is 30.1 Å². The largest absolute Gasteiger partial charge is 0.397 e. The Bertz CT molecular complexity index is 1550. The van der Waals surface area contributed by atoms with Gasteiger partial charge in [0.1, 0.15) is 5.69 Å². The van der Waals surface area contributed by atoms with Gasteiger partial charge in [-0.05, 0) is 47.5 Å². The second-order valence-electron chi connectivity index (χ2n) is 7.38. The van der Waals surface area contributed by atoms with Gasteiger partial charge in [-0.15, -0.1) is 0 Å². The van der Waals surface area contributed by atoms with Crippen molar-refractivity contribution in [2.24, 2.45) is 0 Å². The molecular weight excluding hydrogens is 386 g/mol. The van der Waals surface area contributed by atoms with Crippen molar-refractivity contribution in [2.45, 2.75) is 0 Å². The van der Waals surface area contributed by atoms with E-state index >= 15 is 0 Å². The number of nitrogens with zero attached hydrogens (tertiary/aromatic N) is 4. The summed E-state index contributed by atoms with van der Waals surface area (Å²) in [5, 5.41) is 9.77. The third-order valence-electron chi connectivity index (χ3n) is 5.41. The average Bonchev–Trinajstić information content (AvgIpc) is 3.43. The number of fused-ring (bicyclic) bond motifs is 2. The Kier molecular flexibility index (Phi) is 3.79. The summed E-state index contributed by atoms with van der Waals surface area (Å²) in [6.07, 6.45) is 8.78. The van der Waals surface area contributed by atoms with Crippen molar-refractivity contribution in [3.8, 4) is 33.8 Å². The maximum Gasteiger partial charge on any atom is 0.116 e. The molecule has 0 unspecified atom stereocenters. The van der Waals surface area contributed by atoms with E-state index in [1.54, 1.807) is 18.6 Å². The standard InChI is InChI=1S/C24H17N7/c25-16-8-15(11-27-12-16)21-10-19-23(13-28-21)30-31-24(19)22-9-18-17(2-1-3-20(18)29-22)14-4-6-26-7-5-14/h1-13,29H,25H2,(H,30,31). The summed E-state index contributed by atoms with van der Waals surface area (Å²) in [7, 11) is 0. The van der Waals surface area contributed by atoms with Crippen molar-refractivity contribution in [1.82, 2.24) is 30.1 Å². The van der Waals surface area contributed by atoms with Gasteiger partial charge in [-0.2, -0.15) is 5.10 Å². The van der Waals surface area contributed by atoms with Crippen LogP contribution in [0.5, 0.6) is 0 Å². The Hall–Kier alpha value is -4.52. The third-order valence-corrected chi connectivity index (χ3v) is 5.41. The Morgan fingerprint density at radius 1 is 0.774 bits per heavy atom. The summed E-state index contributed by atoms with van der Waals surface area (Å²) in [6.45, 7) is 0. The van der Waals surface area contributed by atoms with E-state index in [1.165, 1.54) is 0 Å². The lowest BCUT2D eigenvalue weighted by atomic mass is 10.0. The lowest BCUT2D eigenvalue weighted by Crippen LogP contribution is -1.89. The molecule has 5 aromatic heterocycles. The number of hydrogen-bond donors (Lipinski definition) is 3. The van der Waals surface area contributed by atoms with Crippen molar-refractivity contribution in [3.63, 3.8) is 0 Å². The van der Waals surface area contributed by atoms with Crippen LogP contribution < -0.4 is 5.73 Å². The van der Waals surface area contributed by atoms with E-state index in [9.17, 15) is 0 Å². The maximum absolute atomic E-state index is 5.90. The van der Waals surface area contributed by atoms with Crippen molar-refractivity contribution in [3.05, 3.63) is 79.5 Å². The number of aromatic amines is 2. The predicted octanol–water partition coefficient (Wildman–Crippen LogP) is 4.81. The SMILES string of the molecule is Nc1cncc(-c2cc3c(-c4cc5c(-c6ccncc6)cccc5[nH]4)n[nH]c3cn2)c1. The second-order valence-corrected chi connectivity index (χ2v) is 7.38. The Morgan fingerprint density at radius 2 is 1.68 bits per heavy atom. The number of rotatable bonds is 3. The number of nitrogens with two attached hydrogens (primary N) is 1. The molecule has 31 heavy (non-hydrogen) atoms. The van der Waals surface area contributed by atoms with E-state index in [-0.39, 0.29) is 0 Å². The lowest BCUT2D eigenvalue weighted by molar-refractivity contribution is 1.11. The number of nitrogens with one attached hydrogen (secondary N) is 2. The minimum Gasteiger partial charge on any atom is -0.397 e. The highest BCUT2D eigenvalue weighted by Gasteiger charge is 2.15. The summed E-state index contributed by atoms with van der Waals surface area (Å²) in [6, 6.07) is 16.3. The quantitative estimate of drug-likeness (QED) is 0.393. The summed E-state index contributed by atoms with van der Waals surface area (Å²) in [4.78, 5) is 16.4. The van der Waals surface area contributed by atoms with Gasteiger partial charge >= 0.3 is 0 Å². The van der Waals surface area contributed by atoms with Crippen molar-refractivity contribution < 1.29 is 0 Å². The highest BCUT2D eigenvalue weighted by Crippen LogP contribution is 2.34. The molecule has 0 aliphatic heterocycles. The topological polar surface area (TPSA) is 109 Å². The average molecular weight is 403 g/mol. The van der Waals surface area contributed by atoms with Crippen LogP contribution in [0.15, 0.2) is 79.5 Å². The molecule has 1 aromatic carbocycles. The van der Waals surface area contributed by atoms with E-state index in [0.29, 0.717) is 5.69 Å². The molecule has 0 atom stereocenters. The van der Waals surface area contributed by atoms with E-state index in [2.05, 4.69) is 54.4 Å². The number of anilines is 1. The maximum atomic E-state index is 5.90. The molecule has 4 N–H and O–H groups in total. The van der Waals surface area contributed by atoms with Gasteiger partial charge in [0.25, 0.3) is 0 Å². The van der Waals surface area contributed by atoms with Crippen molar-refractivity contribution in [2.75, 3.05) is 5.73 Å². The summed E-state index contributed by atoms with van der Waals surface area (Å²) >= 11 is 0. The lowest BCUT2D eigenvalue weighted by Gasteiger charge is -2.02. The first-order chi connectivity index (χ1) is 15.3. The molecule has 0 aliphatic rings. The third kappa shape index (κ3) is 2.91. The van der Waals surface area contributed by atoms with E-state index in [4.69, 9.17) is 5.73 Å². The van der Waals surface area contributed by atoms with Crippen LogP contribution in [0.3, 0.4) is 0 Å². The highest BCUT2D eigenvalue weighted by atomic mass is 15.1. The number of benzene rings is 1. The highest BCUT2D eigenvalue weighted by molar-refractivity contribution is 6.01. The number of H-pyrrole nitrogens is 2. The molecule has 0 aliphatic carbocycles. The van der Waals surface area contributed by atoms with Gasteiger partial charge in [-0.1, -0.05) is 12.1 Å². The molecule has 0 fully saturated rings. The van der Waals surface area contributed by atoms with Gasteiger partial charge in [-0.25, -0.2) is 0 Å². The zero-order valence-corrected chi connectivity index (χ0v) is 16.4. The van der Waals surface area contributed by atoms with Crippen LogP contribution in [0, 0.1) is 0 Å². The van der Waals surface area contributed by atoms with Gasteiger partial charge in [0, 0.05) is 46.6 Å². The summed E-state index contributed by atoms with van der Waals surface area (Å²) in [5.41, 5.74) is 14.1. The number of hydrogen-bond acceptors (Lipinski definition) is 5. The molecule has 0 radical (unpaired) electrons. The van der Waals surface area contributed by atoms with Gasteiger partial charge in [0.05, 0.1) is 28.8 Å². The monoisotopic (exact) mass is 403 g/mol. The normalized spacial score (nSPS) is 11.4. The molecule has 0 amide bonds. The Labute approximate surface area is 177 Å². The molecule has 5 heterocycles. The number of nitrogen functional groups attached to an aromatic ring is 1. The molecule has 0 bridgehead atoms. The first-order valence-electron chi connectivity index (χ1n) is 9.84. The fraction of sp³-hybridized carbons (Fsp3) is 0. The van der Waals surface area contributed by atoms with E-state index in [0.717, 1.165) is 55.6 Å². The molecule has 6 rings (SSSR count). The number of pyridine rings is 3. The first-order valence-corrected chi connectivity index (χ1v) is 9.84. The van der Waals surface area contributed by atoms with Crippen molar-refractivity contribution in [1.29, 1.82) is 0 Å². The molecule has 7 heteroatoms. The zero-order valence-electron chi connectivity index (χ0n) is 16.4. The van der Waals surface area contributed by atoms with Gasteiger partial charge in [0.15, 0.2) is 0 Å². The molecule has 7 nitrogen and oxygen atoms in total. The second kappa shape index (κ2) is 6.77. The van der Waals surface area contributed by atoms with Gasteiger partial charge in [0.2, 0.25) is 0 Å².